The van der Waals surface area contributed by atoms with Gasteiger partial charge in [-0.2, -0.15) is 0 Å². The molecule has 0 saturated carbocycles. The topological polar surface area (TPSA) is 66.4 Å². The Bertz CT molecular complexity index is 1580. The molecule has 0 radical (unpaired) electrons. The van der Waals surface area contributed by atoms with E-state index in [-0.39, 0.29) is 0 Å². The first-order valence-electron chi connectivity index (χ1n) is 13.3. The van der Waals surface area contributed by atoms with Crippen LogP contribution >= 0.6 is 0 Å². The number of fused-ring (bicyclic) bond motifs is 3. The van der Waals surface area contributed by atoms with Gasteiger partial charge in [-0.25, -0.2) is 5.26 Å². The number of ether oxygens (including phenoxy) is 4. The second-order valence-electron chi connectivity index (χ2n) is 9.82. The molecule has 0 spiro atoms. The lowest BCUT2D eigenvalue weighted by atomic mass is 9.80. The van der Waals surface area contributed by atoms with E-state index in [1.807, 2.05) is 78.9 Å². The molecule has 1 aliphatic rings. The maximum absolute atomic E-state index is 9.03. The molecule has 0 fully saturated rings. The van der Waals surface area contributed by atoms with Crippen molar-refractivity contribution in [2.45, 2.75) is 18.8 Å². The van der Waals surface area contributed by atoms with Crippen molar-refractivity contribution < 1.29 is 29.1 Å². The SMILES string of the molecule is COc1ccc(C(OCc2ccc3c(c2)OCc2cc(OO)ccc2-3)(c2ccccc2)c2ccc(OC)cc2)cc1. The Morgan fingerprint density at radius 3 is 1.85 bits per heavy atom. The minimum Gasteiger partial charge on any atom is -0.497 e. The summed E-state index contributed by atoms with van der Waals surface area (Å²) in [6.07, 6.45) is 0. The van der Waals surface area contributed by atoms with Crippen LogP contribution in [0.15, 0.2) is 115 Å². The molecule has 0 unspecified atom stereocenters. The number of rotatable bonds is 9. The normalized spacial score (nSPS) is 12.1. The predicted octanol–water partition coefficient (Wildman–Crippen LogP) is 7.62. The highest BCUT2D eigenvalue weighted by molar-refractivity contribution is 5.76. The Balaban J connectivity index is 1.41. The van der Waals surface area contributed by atoms with Crippen molar-refractivity contribution in [3.63, 3.8) is 0 Å². The molecule has 6 nitrogen and oxygen atoms in total. The predicted molar refractivity (Wildman–Crippen MR) is 157 cm³/mol. The molecule has 1 aliphatic heterocycles. The molecule has 0 atom stereocenters. The van der Waals surface area contributed by atoms with E-state index >= 15 is 0 Å². The minimum atomic E-state index is -0.913. The van der Waals surface area contributed by atoms with E-state index in [4.69, 9.17) is 24.2 Å². The van der Waals surface area contributed by atoms with Gasteiger partial charge in [0.25, 0.3) is 0 Å². The molecule has 0 amide bonds. The van der Waals surface area contributed by atoms with Crippen LogP contribution in [0.25, 0.3) is 11.1 Å². The van der Waals surface area contributed by atoms with Crippen molar-refractivity contribution in [2.24, 2.45) is 0 Å². The van der Waals surface area contributed by atoms with Gasteiger partial charge in [0.05, 0.1) is 20.8 Å². The van der Waals surface area contributed by atoms with E-state index < -0.39 is 5.60 Å². The second-order valence-corrected chi connectivity index (χ2v) is 9.82. The average molecular weight is 547 g/mol. The van der Waals surface area contributed by atoms with Crippen molar-refractivity contribution >= 4 is 0 Å². The monoisotopic (exact) mass is 546 g/mol. The van der Waals surface area contributed by atoms with Gasteiger partial charge in [-0.05, 0) is 70.3 Å². The van der Waals surface area contributed by atoms with E-state index in [0.29, 0.717) is 19.0 Å². The fraction of sp³-hybridized carbons (Fsp3) is 0.143. The van der Waals surface area contributed by atoms with E-state index in [9.17, 15) is 0 Å². The van der Waals surface area contributed by atoms with E-state index in [0.717, 1.165) is 56.2 Å². The Kier molecular flexibility index (Phi) is 7.33. The highest BCUT2D eigenvalue weighted by Crippen LogP contribution is 2.44. The van der Waals surface area contributed by atoms with Crippen LogP contribution in [-0.2, 0) is 23.6 Å². The molecule has 1 heterocycles. The van der Waals surface area contributed by atoms with Crippen molar-refractivity contribution in [1.29, 1.82) is 0 Å². The summed E-state index contributed by atoms with van der Waals surface area (Å²) in [5.41, 5.74) is 6.00. The lowest BCUT2D eigenvalue weighted by Gasteiger charge is -2.36. The van der Waals surface area contributed by atoms with E-state index in [1.165, 1.54) is 0 Å². The Morgan fingerprint density at radius 1 is 0.659 bits per heavy atom. The van der Waals surface area contributed by atoms with Crippen LogP contribution in [0.4, 0.5) is 0 Å². The standard InChI is InChI=1S/C35H30O6/c1-37-29-13-9-27(10-14-29)35(26-6-4-3-5-7-26,28-11-15-30(38-2)16-12-28)40-22-24-8-18-33-32-19-17-31(41-36)21-25(32)23-39-34(33)20-24/h3-21,36H,22-23H2,1-2H3. The number of benzene rings is 5. The molecule has 0 bridgehead atoms. The second kappa shape index (κ2) is 11.4. The average Bonchev–Trinajstić information content (AvgIpc) is 3.05. The summed E-state index contributed by atoms with van der Waals surface area (Å²) in [6, 6.07) is 37.9. The van der Waals surface area contributed by atoms with Crippen LogP contribution in [0.5, 0.6) is 23.0 Å². The van der Waals surface area contributed by atoms with Gasteiger partial charge in [-0.3, -0.25) is 0 Å². The largest absolute Gasteiger partial charge is 0.497 e. The van der Waals surface area contributed by atoms with Crippen molar-refractivity contribution in [1.82, 2.24) is 0 Å². The van der Waals surface area contributed by atoms with Gasteiger partial charge in [-0.1, -0.05) is 72.8 Å². The van der Waals surface area contributed by atoms with Gasteiger partial charge in [-0.15, -0.1) is 0 Å². The molecule has 0 saturated heterocycles. The lowest BCUT2D eigenvalue weighted by Crippen LogP contribution is -2.32. The first-order chi connectivity index (χ1) is 20.1. The van der Waals surface area contributed by atoms with E-state index in [2.05, 4.69) is 29.2 Å². The van der Waals surface area contributed by atoms with Crippen LogP contribution in [0, 0.1) is 0 Å². The maximum Gasteiger partial charge on any atom is 0.165 e. The number of hydrogen-bond donors (Lipinski definition) is 1. The van der Waals surface area contributed by atoms with Crippen molar-refractivity contribution in [3.8, 4) is 34.1 Å². The molecule has 0 aromatic heterocycles. The Hall–Kier alpha value is -4.78. The molecule has 5 aromatic carbocycles. The fourth-order valence-electron chi connectivity index (χ4n) is 5.43. The minimum absolute atomic E-state index is 0.327. The first kappa shape index (κ1) is 26.4. The zero-order valence-corrected chi connectivity index (χ0v) is 22.9. The Morgan fingerprint density at radius 2 is 1.24 bits per heavy atom. The molecule has 5 aromatic rings. The zero-order valence-electron chi connectivity index (χ0n) is 22.9. The van der Waals surface area contributed by atoms with Gasteiger partial charge < -0.3 is 23.8 Å². The molecule has 41 heavy (non-hydrogen) atoms. The summed E-state index contributed by atoms with van der Waals surface area (Å²) in [5, 5.41) is 9.03. The van der Waals surface area contributed by atoms with Crippen LogP contribution in [-0.4, -0.2) is 19.5 Å². The molecule has 6 heteroatoms. The van der Waals surface area contributed by atoms with Gasteiger partial charge >= 0.3 is 0 Å². The van der Waals surface area contributed by atoms with Gasteiger partial charge in [0, 0.05) is 11.1 Å². The molecular formula is C35H30O6. The third kappa shape index (κ3) is 4.99. The smallest absolute Gasteiger partial charge is 0.165 e. The zero-order chi connectivity index (χ0) is 28.2. The quantitative estimate of drug-likeness (QED) is 0.117. The van der Waals surface area contributed by atoms with Gasteiger partial charge in [0.2, 0.25) is 0 Å². The van der Waals surface area contributed by atoms with Crippen molar-refractivity contribution in [2.75, 3.05) is 14.2 Å². The Labute approximate surface area is 239 Å². The van der Waals surface area contributed by atoms with Gasteiger partial charge in [0.1, 0.15) is 29.5 Å². The molecular weight excluding hydrogens is 516 g/mol. The number of hydrogen-bond acceptors (Lipinski definition) is 6. The summed E-state index contributed by atoms with van der Waals surface area (Å²) in [7, 11) is 3.32. The molecule has 206 valence electrons. The third-order valence-electron chi connectivity index (χ3n) is 7.53. The summed E-state index contributed by atoms with van der Waals surface area (Å²) in [6.45, 7) is 0.712. The van der Waals surface area contributed by atoms with Crippen molar-refractivity contribution in [3.05, 3.63) is 143 Å². The highest BCUT2D eigenvalue weighted by Gasteiger charge is 2.38. The van der Waals surface area contributed by atoms with Crippen LogP contribution in [0.3, 0.4) is 0 Å². The summed E-state index contributed by atoms with van der Waals surface area (Å²) < 4.78 is 24.0. The summed E-state index contributed by atoms with van der Waals surface area (Å²) in [5.74, 6) is 2.72. The molecule has 0 aliphatic carbocycles. The maximum atomic E-state index is 9.03. The summed E-state index contributed by atoms with van der Waals surface area (Å²) >= 11 is 0. The number of methoxy groups -OCH3 is 2. The van der Waals surface area contributed by atoms with E-state index in [1.54, 1.807) is 26.4 Å². The highest BCUT2D eigenvalue weighted by atomic mass is 17.1. The lowest BCUT2D eigenvalue weighted by molar-refractivity contribution is -0.137. The fourth-order valence-corrected chi connectivity index (χ4v) is 5.43. The molecule has 1 N–H and O–H groups in total. The van der Waals surface area contributed by atoms with Gasteiger partial charge in [0.15, 0.2) is 5.75 Å². The van der Waals surface area contributed by atoms with Crippen LogP contribution in [0.1, 0.15) is 27.8 Å². The first-order valence-corrected chi connectivity index (χ1v) is 13.3. The van der Waals surface area contributed by atoms with Crippen LogP contribution < -0.4 is 19.1 Å². The summed E-state index contributed by atoms with van der Waals surface area (Å²) in [4.78, 5) is 4.40. The third-order valence-corrected chi connectivity index (χ3v) is 7.53. The molecule has 6 rings (SSSR count). The van der Waals surface area contributed by atoms with Crippen LogP contribution in [0.2, 0.25) is 0 Å².